The molecule has 11 nitrogen and oxygen atoms in total. The number of benzene rings is 1. The van der Waals surface area contributed by atoms with E-state index in [0.29, 0.717) is 37.4 Å². The lowest BCUT2D eigenvalue weighted by atomic mass is 10.0. The van der Waals surface area contributed by atoms with Gasteiger partial charge in [0.1, 0.15) is 6.10 Å². The molecule has 2 aromatic heterocycles. The van der Waals surface area contributed by atoms with Crippen molar-refractivity contribution in [3.05, 3.63) is 48.1 Å². The van der Waals surface area contributed by atoms with Crippen LogP contribution in [0.4, 0.5) is 9.93 Å². The number of fused-ring (bicyclic) bond motifs is 1. The average Bonchev–Trinajstić information content (AvgIpc) is 3.40. The van der Waals surface area contributed by atoms with E-state index < -0.39 is 25.9 Å². The molecule has 0 spiro atoms. The maximum atomic E-state index is 13.3. The zero-order chi connectivity index (χ0) is 33.8. The minimum Gasteiger partial charge on any atom is -0.312 e. The van der Waals surface area contributed by atoms with Crippen molar-refractivity contribution in [2.75, 3.05) is 38.4 Å². The van der Waals surface area contributed by atoms with Crippen LogP contribution in [-0.2, 0) is 13.6 Å². The molecule has 46 heavy (non-hydrogen) atoms. The molecule has 0 N–H and O–H groups in total. The maximum Gasteiger partial charge on any atom is 0.334 e. The molecular formula is C33H48N7O4PS. The van der Waals surface area contributed by atoms with Crippen molar-refractivity contribution in [2.45, 2.75) is 86.5 Å². The van der Waals surface area contributed by atoms with Gasteiger partial charge in [0, 0.05) is 36.6 Å². The first-order valence-electron chi connectivity index (χ1n) is 15.7. The Hall–Kier alpha value is -2.86. The number of urea groups is 1. The van der Waals surface area contributed by atoms with E-state index in [1.807, 2.05) is 99.4 Å². The van der Waals surface area contributed by atoms with E-state index in [9.17, 15) is 4.79 Å². The van der Waals surface area contributed by atoms with Gasteiger partial charge in [0.2, 0.25) is 0 Å². The van der Waals surface area contributed by atoms with Crippen molar-refractivity contribution in [3.63, 3.8) is 0 Å². The number of rotatable bonds is 11. The summed E-state index contributed by atoms with van der Waals surface area (Å²) in [6.07, 6.45) is 7.14. The molecule has 0 aliphatic carbocycles. The monoisotopic (exact) mass is 669 g/mol. The third-order valence-electron chi connectivity index (χ3n) is 6.63. The highest BCUT2D eigenvalue weighted by Gasteiger charge is 2.32. The van der Waals surface area contributed by atoms with Gasteiger partial charge in [-0.25, -0.2) is 19.7 Å². The largest absolute Gasteiger partial charge is 0.334 e. The minimum atomic E-state index is -1.64. The van der Waals surface area contributed by atoms with Crippen LogP contribution in [0.2, 0.25) is 0 Å². The quantitative estimate of drug-likeness (QED) is 0.149. The van der Waals surface area contributed by atoms with Crippen LogP contribution in [0.5, 0.6) is 0 Å². The van der Waals surface area contributed by atoms with Crippen molar-refractivity contribution in [1.82, 2.24) is 24.8 Å². The first-order chi connectivity index (χ1) is 21.6. The fraction of sp³-hybridized carbons (Fsp3) is 0.545. The lowest BCUT2D eigenvalue weighted by molar-refractivity contribution is 0.0198. The standard InChI is InChI=1S/C33H48N7O4PS/c1-12-15-26(34-13-2)25-16-23(17-27-28(25)46-30(37-27)40-21-38(11)20-39(14-3)31(40)41)24-18-35-29(36-19-24)22(4)42-45(43-32(5,6)7)44-33(8,9)10/h12,15-19,22H,13-14,20-21H2,1-11H3/b15-12-,34-26?. The fourth-order valence-electron chi connectivity index (χ4n) is 4.68. The summed E-state index contributed by atoms with van der Waals surface area (Å²) in [7, 11) is 0.358. The second-order valence-corrected chi connectivity index (χ2v) is 15.1. The van der Waals surface area contributed by atoms with E-state index in [1.165, 1.54) is 11.3 Å². The fourth-order valence-corrected chi connectivity index (χ4v) is 7.10. The summed E-state index contributed by atoms with van der Waals surface area (Å²) >= 11 is 1.51. The minimum absolute atomic E-state index is 0.0397. The van der Waals surface area contributed by atoms with Crippen LogP contribution in [0.15, 0.2) is 41.7 Å². The number of carbonyl (C=O) groups is 1. The summed E-state index contributed by atoms with van der Waals surface area (Å²) < 4.78 is 19.4. The molecule has 1 aliphatic heterocycles. The van der Waals surface area contributed by atoms with Crippen LogP contribution in [-0.4, -0.2) is 81.2 Å². The second-order valence-electron chi connectivity index (χ2n) is 13.1. The van der Waals surface area contributed by atoms with Crippen molar-refractivity contribution in [1.29, 1.82) is 0 Å². The van der Waals surface area contributed by atoms with Gasteiger partial charge in [-0.1, -0.05) is 17.4 Å². The van der Waals surface area contributed by atoms with E-state index in [1.54, 1.807) is 17.3 Å². The highest BCUT2D eigenvalue weighted by molar-refractivity contribution is 7.41. The molecule has 1 fully saturated rings. The molecule has 1 aliphatic rings. The van der Waals surface area contributed by atoms with Gasteiger partial charge in [0.25, 0.3) is 0 Å². The topological polar surface area (TPSA) is 106 Å². The number of nitrogens with zero attached hydrogens (tertiary/aromatic N) is 7. The van der Waals surface area contributed by atoms with E-state index in [0.717, 1.165) is 32.6 Å². The molecule has 1 saturated heterocycles. The number of amides is 2. The Kier molecular flexibility index (Phi) is 11.7. The maximum absolute atomic E-state index is 13.3. The van der Waals surface area contributed by atoms with Crippen LogP contribution in [0, 0.1) is 0 Å². The second kappa shape index (κ2) is 14.9. The average molecular weight is 670 g/mol. The van der Waals surface area contributed by atoms with E-state index in [2.05, 4.69) is 20.9 Å². The zero-order valence-electron chi connectivity index (χ0n) is 29.0. The first-order valence-corrected chi connectivity index (χ1v) is 17.6. The normalized spacial score (nSPS) is 16.4. The van der Waals surface area contributed by atoms with E-state index in [4.69, 9.17) is 23.5 Å². The Balaban J connectivity index is 1.71. The van der Waals surface area contributed by atoms with Gasteiger partial charge in [-0.15, -0.1) is 0 Å². The number of hydrogen-bond donors (Lipinski definition) is 0. The van der Waals surface area contributed by atoms with Gasteiger partial charge in [0.05, 0.1) is 40.5 Å². The van der Waals surface area contributed by atoms with Gasteiger partial charge < -0.3 is 18.5 Å². The summed E-state index contributed by atoms with van der Waals surface area (Å²) in [5, 5.41) is 0.656. The molecule has 0 saturated carbocycles. The highest BCUT2D eigenvalue weighted by atomic mass is 32.1. The number of carbonyl (C=O) groups excluding carboxylic acids is 1. The summed E-state index contributed by atoms with van der Waals surface area (Å²) in [6, 6.07) is 4.09. The number of thiazole rings is 1. The third kappa shape index (κ3) is 9.14. The molecule has 1 aromatic carbocycles. The SMILES string of the molecule is C/C=C\C(=NCC)c1cc(-c2cnc(C(C)OP(OC(C)(C)C)OC(C)(C)C)nc2)cc2nc(N3CN(C)CN(CC)C3=O)sc12. The van der Waals surface area contributed by atoms with Crippen molar-refractivity contribution >= 4 is 47.0 Å². The van der Waals surface area contributed by atoms with Crippen molar-refractivity contribution in [3.8, 4) is 11.1 Å². The van der Waals surface area contributed by atoms with Gasteiger partial charge >= 0.3 is 14.6 Å². The van der Waals surface area contributed by atoms with Crippen LogP contribution in [0.3, 0.4) is 0 Å². The van der Waals surface area contributed by atoms with Gasteiger partial charge in [-0.2, -0.15) is 0 Å². The molecule has 13 heteroatoms. The molecule has 1 atom stereocenters. The number of hydrogen-bond acceptors (Lipinski definition) is 10. The summed E-state index contributed by atoms with van der Waals surface area (Å²) in [5.74, 6) is 0.527. The molecular weight excluding hydrogens is 621 g/mol. The number of anilines is 1. The summed E-state index contributed by atoms with van der Waals surface area (Å²) in [5.41, 5.74) is 3.45. The van der Waals surface area contributed by atoms with Gasteiger partial charge in [0.15, 0.2) is 11.0 Å². The Bertz CT molecular complexity index is 1550. The number of allylic oxidation sites excluding steroid dienone is 2. The van der Waals surface area contributed by atoms with Crippen LogP contribution >= 0.6 is 19.9 Å². The Morgan fingerprint density at radius 2 is 1.72 bits per heavy atom. The highest BCUT2D eigenvalue weighted by Crippen LogP contribution is 2.50. The Morgan fingerprint density at radius 3 is 2.28 bits per heavy atom. The molecule has 3 aromatic rings. The molecule has 250 valence electrons. The molecule has 2 amide bonds. The van der Waals surface area contributed by atoms with E-state index in [-0.39, 0.29) is 6.03 Å². The van der Waals surface area contributed by atoms with Crippen LogP contribution in [0.1, 0.15) is 86.7 Å². The Morgan fingerprint density at radius 1 is 1.07 bits per heavy atom. The molecule has 4 rings (SSSR count). The summed E-state index contributed by atoms with van der Waals surface area (Å²) in [6.45, 7) is 22.0. The number of aliphatic imine (C=N–C) groups is 1. The first kappa shape index (κ1) is 36.0. The van der Waals surface area contributed by atoms with Crippen molar-refractivity contribution in [2.24, 2.45) is 4.99 Å². The lowest BCUT2D eigenvalue weighted by Crippen LogP contribution is -2.56. The molecule has 0 bridgehead atoms. The van der Waals surface area contributed by atoms with E-state index >= 15 is 0 Å². The zero-order valence-corrected chi connectivity index (χ0v) is 30.7. The molecule has 1 unspecified atom stereocenters. The third-order valence-corrected chi connectivity index (χ3v) is 9.64. The predicted octanol–water partition coefficient (Wildman–Crippen LogP) is 8.18. The van der Waals surface area contributed by atoms with Crippen LogP contribution < -0.4 is 4.90 Å². The smallest absolute Gasteiger partial charge is 0.312 e. The molecule has 3 heterocycles. The van der Waals surface area contributed by atoms with Gasteiger partial charge in [-0.3, -0.25) is 14.8 Å². The van der Waals surface area contributed by atoms with Crippen molar-refractivity contribution < 1.29 is 18.4 Å². The Labute approximate surface area is 278 Å². The molecule has 0 radical (unpaired) electrons. The predicted molar refractivity (Wildman–Crippen MR) is 188 cm³/mol. The van der Waals surface area contributed by atoms with Crippen LogP contribution in [0.25, 0.3) is 21.3 Å². The number of aromatic nitrogens is 3. The lowest BCUT2D eigenvalue weighted by Gasteiger charge is -2.38. The summed E-state index contributed by atoms with van der Waals surface area (Å²) in [4.78, 5) is 38.1. The van der Waals surface area contributed by atoms with Gasteiger partial charge in [-0.05, 0) is 100 Å².